The van der Waals surface area contributed by atoms with E-state index in [9.17, 15) is 9.59 Å². The van der Waals surface area contributed by atoms with E-state index in [2.05, 4.69) is 37.5 Å². The van der Waals surface area contributed by atoms with E-state index >= 15 is 0 Å². The molecule has 0 aromatic rings. The summed E-state index contributed by atoms with van der Waals surface area (Å²) < 4.78 is 15.4. The Morgan fingerprint density at radius 3 is 1.04 bits per heavy atom. The van der Waals surface area contributed by atoms with Crippen LogP contribution >= 0.6 is 0 Å². The Bertz CT molecular complexity index is 834. The maximum Gasteiger partial charge on any atom is 0.344 e. The Balaban J connectivity index is 4.40. The summed E-state index contributed by atoms with van der Waals surface area (Å²) in [5.41, 5.74) is 0.410. The molecule has 256 valence electrons. The molecule has 45 heavy (non-hydrogen) atoms. The van der Waals surface area contributed by atoms with Gasteiger partial charge >= 0.3 is 11.9 Å². The smallest absolute Gasteiger partial charge is 0.344 e. The first-order valence-electron chi connectivity index (χ1n) is 18.2. The van der Waals surface area contributed by atoms with E-state index in [-0.39, 0.29) is 24.4 Å². The Kier molecular flexibility index (Phi) is 32.7. The quantitative estimate of drug-likeness (QED) is 0.0284. The van der Waals surface area contributed by atoms with Crippen molar-refractivity contribution >= 4 is 11.9 Å². The average Bonchev–Trinajstić information content (AvgIpc) is 3.03. The highest BCUT2D eigenvalue weighted by atomic mass is 16.6. The minimum Gasteiger partial charge on any atom is -0.386 e. The molecule has 0 aliphatic rings. The van der Waals surface area contributed by atoms with Crippen molar-refractivity contribution < 1.29 is 23.8 Å². The number of unbranched alkanes of at least 4 members (excludes halogenated alkanes) is 22. The van der Waals surface area contributed by atoms with E-state index in [4.69, 9.17) is 14.2 Å². The fourth-order valence-corrected chi connectivity index (χ4v) is 5.02. The number of ether oxygens (including phenoxy) is 3. The highest BCUT2D eigenvalue weighted by Crippen LogP contribution is 2.13. The summed E-state index contributed by atoms with van der Waals surface area (Å²) in [6.07, 6.45) is 33.0. The molecule has 0 rings (SSSR count). The predicted octanol–water partition coefficient (Wildman–Crippen LogP) is 10.6. The van der Waals surface area contributed by atoms with Crippen molar-refractivity contribution in [2.75, 3.05) is 27.4 Å². The average molecular weight is 627 g/mol. The first-order valence-corrected chi connectivity index (χ1v) is 18.2. The zero-order valence-electron chi connectivity index (χ0n) is 29.6. The molecule has 0 N–H and O–H groups in total. The number of carbonyl (C=O) groups excluding carboxylic acids is 2. The lowest BCUT2D eigenvalue weighted by atomic mass is 10.1. The van der Waals surface area contributed by atoms with Gasteiger partial charge < -0.3 is 14.2 Å². The molecule has 0 spiro atoms. The van der Waals surface area contributed by atoms with Crippen molar-refractivity contribution in [3.05, 3.63) is 23.3 Å². The molecule has 0 aromatic carbocycles. The predicted molar refractivity (Wildman–Crippen MR) is 189 cm³/mol. The molecule has 5 heteroatoms. The molecule has 0 aliphatic heterocycles. The summed E-state index contributed by atoms with van der Waals surface area (Å²) in [7, 11) is 2.98. The second-order valence-electron chi connectivity index (χ2n) is 12.1. The zero-order chi connectivity index (χ0) is 33.1. The van der Waals surface area contributed by atoms with Gasteiger partial charge in [0, 0.05) is 39.2 Å². The van der Waals surface area contributed by atoms with Crippen molar-refractivity contribution in [3.8, 4) is 23.7 Å². The molecule has 0 atom stereocenters. The van der Waals surface area contributed by atoms with Gasteiger partial charge in [0.2, 0.25) is 0 Å². The molecule has 0 unspecified atom stereocenters. The molecule has 0 amide bonds. The Morgan fingerprint density at radius 1 is 0.467 bits per heavy atom. The number of allylic oxidation sites excluding steroid dienone is 2. The lowest BCUT2D eigenvalue weighted by molar-refractivity contribution is -0.154. The van der Waals surface area contributed by atoms with Crippen LogP contribution < -0.4 is 0 Å². The maximum absolute atomic E-state index is 12.7. The monoisotopic (exact) mass is 626 g/mol. The third kappa shape index (κ3) is 28.8. The molecule has 0 aliphatic carbocycles. The fraction of sp³-hybridized carbons (Fsp3) is 0.750. The summed E-state index contributed by atoms with van der Waals surface area (Å²) in [4.78, 5) is 25.3. The Morgan fingerprint density at radius 2 is 0.756 bits per heavy atom. The van der Waals surface area contributed by atoms with Gasteiger partial charge in [-0.05, 0) is 12.8 Å². The second kappa shape index (κ2) is 34.5. The number of hydrogen-bond acceptors (Lipinski definition) is 5. The van der Waals surface area contributed by atoms with Crippen LogP contribution in [0.4, 0.5) is 0 Å². The molecule has 0 aromatic heterocycles. The summed E-state index contributed by atoms with van der Waals surface area (Å²) in [5.74, 6) is 10.5. The fourth-order valence-electron chi connectivity index (χ4n) is 5.02. The van der Waals surface area contributed by atoms with Gasteiger partial charge in [0.1, 0.15) is 0 Å². The van der Waals surface area contributed by atoms with Crippen LogP contribution in [0, 0.1) is 23.7 Å². The molecule has 0 radical (unpaired) electrons. The van der Waals surface area contributed by atoms with Crippen LogP contribution in [0.1, 0.15) is 168 Å². The molecular weight excluding hydrogens is 560 g/mol. The highest BCUT2D eigenvalue weighted by molar-refractivity contribution is 6.02. The molecule has 0 saturated heterocycles. The topological polar surface area (TPSA) is 61.8 Å². The number of hydrogen-bond donors (Lipinski definition) is 0. The maximum atomic E-state index is 12.7. The van der Waals surface area contributed by atoms with Gasteiger partial charge in [0.15, 0.2) is 0 Å². The minimum atomic E-state index is -0.762. The summed E-state index contributed by atoms with van der Waals surface area (Å²) in [5, 5.41) is 0. The SMILES string of the molecule is CCCCCCCCCCCCCC#C/C=C(\COC)C(=O)OC(=O)/C(=C/C#CCCCCCCCCCCCCC)COC. The zero-order valence-corrected chi connectivity index (χ0v) is 29.6. The first-order chi connectivity index (χ1) is 22.1. The lowest BCUT2D eigenvalue weighted by Crippen LogP contribution is -2.20. The molecule has 0 fully saturated rings. The van der Waals surface area contributed by atoms with Crippen LogP contribution in [0.2, 0.25) is 0 Å². The lowest BCUT2D eigenvalue weighted by Gasteiger charge is -2.07. The number of rotatable bonds is 28. The van der Waals surface area contributed by atoms with Gasteiger partial charge in [-0.25, -0.2) is 9.59 Å². The van der Waals surface area contributed by atoms with Crippen LogP contribution in [0.3, 0.4) is 0 Å². The number of esters is 2. The van der Waals surface area contributed by atoms with E-state index in [1.165, 1.54) is 155 Å². The molecule has 0 heterocycles. The van der Waals surface area contributed by atoms with Crippen LogP contribution in [0.15, 0.2) is 23.3 Å². The van der Waals surface area contributed by atoms with Crippen LogP contribution in [-0.2, 0) is 23.8 Å². The van der Waals surface area contributed by atoms with E-state index < -0.39 is 11.9 Å². The van der Waals surface area contributed by atoms with Crippen molar-refractivity contribution in [2.45, 2.75) is 168 Å². The Hall–Kier alpha value is -2.34. The van der Waals surface area contributed by atoms with Gasteiger partial charge in [0.25, 0.3) is 0 Å². The van der Waals surface area contributed by atoms with Gasteiger partial charge in [-0.15, -0.1) is 0 Å². The van der Waals surface area contributed by atoms with E-state index in [1.807, 2.05) is 0 Å². The van der Waals surface area contributed by atoms with E-state index in [1.54, 1.807) is 0 Å². The third-order valence-electron chi connectivity index (χ3n) is 7.82. The van der Waals surface area contributed by atoms with E-state index in [0.717, 1.165) is 25.7 Å². The van der Waals surface area contributed by atoms with Gasteiger partial charge in [-0.3, -0.25) is 0 Å². The summed E-state index contributed by atoms with van der Waals surface area (Å²) in [6, 6.07) is 0. The standard InChI is InChI=1S/C40H66O5/c1-5-7-9-11-13-15-17-19-21-23-25-27-29-31-33-37(35-43-3)39(41)45-40(42)38(36-44-4)34-32-30-28-26-24-22-20-18-16-14-12-10-8-6-2/h33-34H,5-28,35-36H2,1-4H3/b37-33+,38-34+. The summed E-state index contributed by atoms with van der Waals surface area (Å²) >= 11 is 0. The van der Waals surface area contributed by atoms with Crippen molar-refractivity contribution in [3.63, 3.8) is 0 Å². The van der Waals surface area contributed by atoms with Crippen LogP contribution in [-0.4, -0.2) is 39.4 Å². The minimum absolute atomic E-state index is 0.0152. The summed E-state index contributed by atoms with van der Waals surface area (Å²) in [6.45, 7) is 4.54. The number of methoxy groups -OCH3 is 2. The highest BCUT2D eigenvalue weighted by Gasteiger charge is 2.19. The number of carbonyl (C=O) groups is 2. The van der Waals surface area contributed by atoms with Crippen LogP contribution in [0.25, 0.3) is 0 Å². The van der Waals surface area contributed by atoms with E-state index in [0.29, 0.717) is 0 Å². The first kappa shape index (κ1) is 42.7. The largest absolute Gasteiger partial charge is 0.386 e. The van der Waals surface area contributed by atoms with Crippen molar-refractivity contribution in [2.24, 2.45) is 0 Å². The van der Waals surface area contributed by atoms with Crippen molar-refractivity contribution in [1.29, 1.82) is 0 Å². The molecular formula is C40H66O5. The molecule has 0 saturated carbocycles. The van der Waals surface area contributed by atoms with Gasteiger partial charge in [0.05, 0.1) is 24.4 Å². The van der Waals surface area contributed by atoms with Crippen molar-refractivity contribution in [1.82, 2.24) is 0 Å². The normalized spacial score (nSPS) is 11.5. The van der Waals surface area contributed by atoms with Gasteiger partial charge in [-0.2, -0.15) is 0 Å². The van der Waals surface area contributed by atoms with Gasteiger partial charge in [-0.1, -0.05) is 166 Å². The third-order valence-corrected chi connectivity index (χ3v) is 7.82. The Labute approximate surface area is 277 Å². The molecule has 0 bridgehead atoms. The van der Waals surface area contributed by atoms with Crippen LogP contribution in [0.5, 0.6) is 0 Å². The molecule has 5 nitrogen and oxygen atoms in total. The second-order valence-corrected chi connectivity index (χ2v) is 12.1.